The molecule has 0 aliphatic rings. The topological polar surface area (TPSA) is 118 Å². The van der Waals surface area contributed by atoms with Crippen LogP contribution in [0, 0.1) is 0 Å². The maximum absolute atomic E-state index is 12.2. The molecule has 2 rings (SSSR count). The highest BCUT2D eigenvalue weighted by atomic mass is 32.1. The van der Waals surface area contributed by atoms with Crippen LogP contribution in [0.2, 0.25) is 0 Å². The molecule has 8 nitrogen and oxygen atoms in total. The Morgan fingerprint density at radius 3 is 2.62 bits per heavy atom. The van der Waals surface area contributed by atoms with Crippen LogP contribution >= 0.6 is 11.3 Å². The number of thiophene rings is 1. The lowest BCUT2D eigenvalue weighted by atomic mass is 10.1. The molecular formula is C15H16N2O6S. The van der Waals surface area contributed by atoms with E-state index < -0.39 is 23.0 Å². The minimum absolute atomic E-state index is 0.278. The van der Waals surface area contributed by atoms with E-state index in [1.54, 1.807) is 4.57 Å². The maximum atomic E-state index is 12.2. The molecule has 0 unspecified atom stereocenters. The van der Waals surface area contributed by atoms with Gasteiger partial charge in [-0.25, -0.2) is 9.59 Å². The van der Waals surface area contributed by atoms with Gasteiger partial charge in [-0.1, -0.05) is 5.16 Å². The number of fused-ring (bicyclic) bond motifs is 1. The highest BCUT2D eigenvalue weighted by Crippen LogP contribution is 2.23. The van der Waals surface area contributed by atoms with E-state index in [2.05, 4.69) is 5.16 Å². The van der Waals surface area contributed by atoms with Gasteiger partial charge in [0.2, 0.25) is 11.0 Å². The van der Waals surface area contributed by atoms with Crippen molar-refractivity contribution in [1.29, 1.82) is 0 Å². The summed E-state index contributed by atoms with van der Waals surface area (Å²) in [7, 11) is 0. The van der Waals surface area contributed by atoms with Crippen molar-refractivity contribution in [2.24, 2.45) is 5.16 Å². The average molecular weight is 352 g/mol. The summed E-state index contributed by atoms with van der Waals surface area (Å²) in [6.07, 6.45) is 2.61. The Bertz CT molecular complexity index is 893. The number of nitrogens with zero attached hydrogens (tertiary/aromatic N) is 2. The fraction of sp³-hybridized carbons (Fsp3) is 0.333. The molecule has 0 spiro atoms. The van der Waals surface area contributed by atoms with Crippen LogP contribution in [-0.4, -0.2) is 38.5 Å². The Hall–Kier alpha value is -2.68. The molecule has 2 aromatic rings. The van der Waals surface area contributed by atoms with E-state index in [-0.39, 0.29) is 10.9 Å². The van der Waals surface area contributed by atoms with E-state index in [4.69, 9.17) is 15.1 Å². The van der Waals surface area contributed by atoms with Gasteiger partial charge in [0.05, 0.1) is 16.5 Å². The molecule has 0 aliphatic heterocycles. The standard InChI is InChI=1S/C15H16N2O6S/c1-4-17-7-10(13(19)20)11(18)9-5-8(24-12(9)17)6-16-23-15(2,3)14(21)22/h5-7H,4H2,1-3H3,(H,19,20)(H,21,22). The number of carboxylic acid groups (broad SMARTS) is 2. The Kier molecular flexibility index (Phi) is 4.74. The van der Waals surface area contributed by atoms with E-state index in [9.17, 15) is 14.4 Å². The first-order valence-corrected chi connectivity index (χ1v) is 7.84. The molecule has 2 aromatic heterocycles. The van der Waals surface area contributed by atoms with E-state index in [1.807, 2.05) is 6.92 Å². The number of oxime groups is 1. The van der Waals surface area contributed by atoms with E-state index in [0.29, 0.717) is 16.3 Å². The number of carbonyl (C=O) groups is 2. The fourth-order valence-corrected chi connectivity index (χ4v) is 2.95. The highest BCUT2D eigenvalue weighted by molar-refractivity contribution is 7.20. The lowest BCUT2D eigenvalue weighted by molar-refractivity contribution is -0.161. The summed E-state index contributed by atoms with van der Waals surface area (Å²) < 4.78 is 1.67. The molecule has 2 N–H and O–H groups in total. The molecular weight excluding hydrogens is 336 g/mol. The molecule has 128 valence electrons. The van der Waals surface area contributed by atoms with Crippen LogP contribution in [-0.2, 0) is 16.2 Å². The molecule has 0 amide bonds. The van der Waals surface area contributed by atoms with Crippen molar-refractivity contribution in [3.8, 4) is 0 Å². The summed E-state index contributed by atoms with van der Waals surface area (Å²) in [6, 6.07) is 1.52. The van der Waals surface area contributed by atoms with Crippen LogP contribution in [0.4, 0.5) is 0 Å². The van der Waals surface area contributed by atoms with E-state index >= 15 is 0 Å². The summed E-state index contributed by atoms with van der Waals surface area (Å²) in [6.45, 7) is 5.05. The van der Waals surface area contributed by atoms with E-state index in [0.717, 1.165) is 0 Å². The number of aromatic carboxylic acids is 1. The van der Waals surface area contributed by atoms with Crippen molar-refractivity contribution >= 4 is 39.7 Å². The van der Waals surface area contributed by atoms with Crippen LogP contribution in [0.25, 0.3) is 10.2 Å². The molecule has 0 aromatic carbocycles. The number of aliphatic carboxylic acids is 1. The molecule has 0 atom stereocenters. The molecule has 24 heavy (non-hydrogen) atoms. The average Bonchev–Trinajstić information content (AvgIpc) is 2.91. The minimum Gasteiger partial charge on any atom is -0.478 e. The zero-order valence-corrected chi connectivity index (χ0v) is 14.1. The summed E-state index contributed by atoms with van der Waals surface area (Å²) in [5.41, 5.74) is -2.34. The Morgan fingerprint density at radius 1 is 1.42 bits per heavy atom. The number of hydrogen-bond acceptors (Lipinski definition) is 6. The molecule has 2 heterocycles. The first-order valence-electron chi connectivity index (χ1n) is 7.02. The third-order valence-corrected chi connectivity index (χ3v) is 4.42. The van der Waals surface area contributed by atoms with Crippen LogP contribution in [0.3, 0.4) is 0 Å². The summed E-state index contributed by atoms with van der Waals surface area (Å²) in [5.74, 6) is -2.44. The van der Waals surface area contributed by atoms with Gasteiger partial charge in [0.15, 0.2) is 0 Å². The van der Waals surface area contributed by atoms with Gasteiger partial charge in [0.25, 0.3) is 0 Å². The lowest BCUT2D eigenvalue weighted by Crippen LogP contribution is -2.32. The number of aromatic nitrogens is 1. The van der Waals surface area contributed by atoms with Crippen molar-refractivity contribution in [2.45, 2.75) is 32.9 Å². The van der Waals surface area contributed by atoms with Gasteiger partial charge in [-0.2, -0.15) is 0 Å². The predicted molar refractivity (Wildman–Crippen MR) is 89.1 cm³/mol. The van der Waals surface area contributed by atoms with Crippen LogP contribution < -0.4 is 5.43 Å². The second kappa shape index (κ2) is 6.44. The molecule has 0 bridgehead atoms. The molecule has 0 aliphatic carbocycles. The van der Waals surface area contributed by atoms with Gasteiger partial charge in [-0.3, -0.25) is 4.79 Å². The lowest BCUT2D eigenvalue weighted by Gasteiger charge is -2.15. The number of hydrogen-bond donors (Lipinski definition) is 2. The number of aryl methyl sites for hydroxylation is 1. The van der Waals surface area contributed by atoms with Gasteiger partial charge in [-0.05, 0) is 26.8 Å². The van der Waals surface area contributed by atoms with Gasteiger partial charge in [0.1, 0.15) is 10.4 Å². The fourth-order valence-electron chi connectivity index (χ4n) is 1.89. The summed E-state index contributed by atoms with van der Waals surface area (Å²) in [5, 5.41) is 22.0. The highest BCUT2D eigenvalue weighted by Gasteiger charge is 2.29. The Morgan fingerprint density at radius 2 is 2.08 bits per heavy atom. The first-order chi connectivity index (χ1) is 11.2. The first kappa shape index (κ1) is 17.7. The summed E-state index contributed by atoms with van der Waals surface area (Å²) >= 11 is 1.24. The van der Waals surface area contributed by atoms with E-state index in [1.165, 1.54) is 43.7 Å². The quantitative estimate of drug-likeness (QED) is 0.606. The van der Waals surface area contributed by atoms with Gasteiger partial charge < -0.3 is 19.6 Å². The van der Waals surface area contributed by atoms with Crippen molar-refractivity contribution < 1.29 is 24.6 Å². The van der Waals surface area contributed by atoms with Gasteiger partial charge in [0, 0.05) is 12.7 Å². The monoisotopic (exact) mass is 352 g/mol. The Balaban J connectivity index is 2.45. The van der Waals surface area contributed by atoms with Gasteiger partial charge >= 0.3 is 11.9 Å². The second-order valence-electron chi connectivity index (χ2n) is 5.47. The zero-order valence-electron chi connectivity index (χ0n) is 13.3. The maximum Gasteiger partial charge on any atom is 0.350 e. The van der Waals surface area contributed by atoms with Crippen LogP contribution in [0.15, 0.2) is 22.2 Å². The molecule has 0 fully saturated rings. The second-order valence-corrected chi connectivity index (χ2v) is 6.53. The van der Waals surface area contributed by atoms with Crippen molar-refractivity contribution in [3.05, 3.63) is 32.9 Å². The Labute approximate surface area is 140 Å². The van der Waals surface area contributed by atoms with Crippen molar-refractivity contribution in [2.75, 3.05) is 0 Å². The molecule has 9 heteroatoms. The number of carboxylic acids is 2. The molecule has 0 saturated carbocycles. The molecule has 0 radical (unpaired) electrons. The number of pyridine rings is 1. The third kappa shape index (κ3) is 3.30. The third-order valence-electron chi connectivity index (χ3n) is 3.31. The van der Waals surface area contributed by atoms with Crippen molar-refractivity contribution in [1.82, 2.24) is 4.57 Å². The van der Waals surface area contributed by atoms with Crippen LogP contribution in [0.5, 0.6) is 0 Å². The largest absolute Gasteiger partial charge is 0.478 e. The minimum atomic E-state index is -1.48. The van der Waals surface area contributed by atoms with Crippen LogP contribution in [0.1, 0.15) is 36.0 Å². The van der Waals surface area contributed by atoms with Crippen molar-refractivity contribution in [3.63, 3.8) is 0 Å². The zero-order chi connectivity index (χ0) is 18.1. The smallest absolute Gasteiger partial charge is 0.350 e. The summed E-state index contributed by atoms with van der Waals surface area (Å²) in [4.78, 5) is 40.4. The van der Waals surface area contributed by atoms with Gasteiger partial charge in [-0.15, -0.1) is 11.3 Å². The predicted octanol–water partition coefficient (Wildman–Crippen LogP) is 1.99. The molecule has 0 saturated heterocycles. The normalized spacial score (nSPS) is 12.0. The number of rotatable bonds is 6. The SMILES string of the molecule is CCn1cc(C(=O)O)c(=O)c2cc(C=NOC(C)(C)C(=O)O)sc21.